The summed E-state index contributed by atoms with van der Waals surface area (Å²) in [6, 6.07) is 4.94. The molecule has 0 radical (unpaired) electrons. The molecule has 0 unspecified atom stereocenters. The van der Waals surface area contributed by atoms with Crippen molar-refractivity contribution in [3.8, 4) is 0 Å². The maximum absolute atomic E-state index is 11.7. The molecule has 1 N–H and O–H groups in total. The van der Waals surface area contributed by atoms with Crippen LogP contribution < -0.4 is 5.56 Å². The van der Waals surface area contributed by atoms with E-state index in [2.05, 4.69) is 0 Å². The van der Waals surface area contributed by atoms with Gasteiger partial charge < -0.3 is 14.6 Å². The molecule has 92 valence electrons. The second-order valence-electron chi connectivity index (χ2n) is 4.33. The highest BCUT2D eigenvalue weighted by Crippen LogP contribution is 2.15. The SMILES string of the molecule is O=C(CCn1ccccc1=O)N1CC(CO)C1. The number of carbonyl (C=O) groups is 1. The molecule has 5 nitrogen and oxygen atoms in total. The molecule has 1 aromatic heterocycles. The topological polar surface area (TPSA) is 62.5 Å². The first-order valence-corrected chi connectivity index (χ1v) is 5.75. The van der Waals surface area contributed by atoms with Gasteiger partial charge in [-0.25, -0.2) is 0 Å². The number of hydrogen-bond donors (Lipinski definition) is 1. The van der Waals surface area contributed by atoms with E-state index in [4.69, 9.17) is 5.11 Å². The first kappa shape index (κ1) is 11.9. The Morgan fingerprint density at radius 3 is 2.82 bits per heavy atom. The van der Waals surface area contributed by atoms with Crippen molar-refractivity contribution >= 4 is 5.91 Å². The van der Waals surface area contributed by atoms with Crippen molar-refractivity contribution in [3.63, 3.8) is 0 Å². The van der Waals surface area contributed by atoms with Crippen LogP contribution in [0.5, 0.6) is 0 Å². The Labute approximate surface area is 99.3 Å². The summed E-state index contributed by atoms with van der Waals surface area (Å²) in [6.45, 7) is 1.83. The van der Waals surface area contributed by atoms with Gasteiger partial charge >= 0.3 is 0 Å². The standard InChI is InChI=1S/C12H16N2O3/c15-9-10-7-14(8-10)12(17)4-6-13-5-2-1-3-11(13)16/h1-3,5,10,15H,4,6-9H2. The molecule has 1 fully saturated rings. The van der Waals surface area contributed by atoms with Crippen LogP contribution in [0.1, 0.15) is 6.42 Å². The van der Waals surface area contributed by atoms with Crippen molar-refractivity contribution in [2.75, 3.05) is 19.7 Å². The van der Waals surface area contributed by atoms with Gasteiger partial charge in [-0.15, -0.1) is 0 Å². The van der Waals surface area contributed by atoms with E-state index in [1.54, 1.807) is 23.2 Å². The molecule has 2 rings (SSSR count). The fraction of sp³-hybridized carbons (Fsp3) is 0.500. The van der Waals surface area contributed by atoms with Crippen LogP contribution in [0.4, 0.5) is 0 Å². The fourth-order valence-corrected chi connectivity index (χ4v) is 1.91. The van der Waals surface area contributed by atoms with E-state index in [9.17, 15) is 9.59 Å². The van der Waals surface area contributed by atoms with E-state index in [0.717, 1.165) is 0 Å². The van der Waals surface area contributed by atoms with Crippen molar-refractivity contribution in [2.24, 2.45) is 5.92 Å². The highest BCUT2D eigenvalue weighted by molar-refractivity contribution is 5.76. The highest BCUT2D eigenvalue weighted by atomic mass is 16.3. The third-order valence-corrected chi connectivity index (χ3v) is 3.03. The molecule has 2 heterocycles. The van der Waals surface area contributed by atoms with Crippen molar-refractivity contribution in [1.29, 1.82) is 0 Å². The van der Waals surface area contributed by atoms with Crippen LogP contribution in [0.25, 0.3) is 0 Å². The van der Waals surface area contributed by atoms with Crippen molar-refractivity contribution in [1.82, 2.24) is 9.47 Å². The number of rotatable bonds is 4. The van der Waals surface area contributed by atoms with Gasteiger partial charge in [0.2, 0.25) is 5.91 Å². The Kier molecular flexibility index (Phi) is 3.58. The van der Waals surface area contributed by atoms with Gasteiger partial charge in [0.05, 0.1) is 0 Å². The summed E-state index contributed by atoms with van der Waals surface area (Å²) >= 11 is 0. The third-order valence-electron chi connectivity index (χ3n) is 3.03. The van der Waals surface area contributed by atoms with Crippen LogP contribution >= 0.6 is 0 Å². The number of amides is 1. The number of aryl methyl sites for hydroxylation is 1. The van der Waals surface area contributed by atoms with Crippen LogP contribution in [0.2, 0.25) is 0 Å². The first-order chi connectivity index (χ1) is 8.20. The number of aliphatic hydroxyl groups is 1. The second-order valence-corrected chi connectivity index (χ2v) is 4.33. The average Bonchev–Trinajstić information content (AvgIpc) is 2.26. The molecular weight excluding hydrogens is 220 g/mol. The number of aromatic nitrogens is 1. The Morgan fingerprint density at radius 2 is 2.18 bits per heavy atom. The molecule has 0 aliphatic carbocycles. The summed E-state index contributed by atoms with van der Waals surface area (Å²) in [6.07, 6.45) is 2.02. The lowest BCUT2D eigenvalue weighted by Gasteiger charge is -2.38. The molecule has 0 bridgehead atoms. The summed E-state index contributed by atoms with van der Waals surface area (Å²) in [7, 11) is 0. The summed E-state index contributed by atoms with van der Waals surface area (Å²) < 4.78 is 1.53. The zero-order valence-corrected chi connectivity index (χ0v) is 9.58. The number of pyridine rings is 1. The van der Waals surface area contributed by atoms with Gasteiger partial charge in [0.1, 0.15) is 0 Å². The summed E-state index contributed by atoms with van der Waals surface area (Å²) in [5.41, 5.74) is -0.0860. The van der Waals surface area contributed by atoms with Crippen LogP contribution in [0, 0.1) is 5.92 Å². The molecule has 0 saturated carbocycles. The van der Waals surface area contributed by atoms with Gasteiger partial charge in [-0.05, 0) is 6.07 Å². The predicted molar refractivity (Wildman–Crippen MR) is 62.5 cm³/mol. The lowest BCUT2D eigenvalue weighted by molar-refractivity contribution is -0.138. The molecule has 1 amide bonds. The molecule has 1 aliphatic rings. The Morgan fingerprint density at radius 1 is 1.41 bits per heavy atom. The average molecular weight is 236 g/mol. The van der Waals surface area contributed by atoms with Gasteiger partial charge in [0.15, 0.2) is 0 Å². The molecule has 0 atom stereocenters. The fourth-order valence-electron chi connectivity index (χ4n) is 1.91. The van der Waals surface area contributed by atoms with Gasteiger partial charge in [0.25, 0.3) is 5.56 Å². The van der Waals surface area contributed by atoms with E-state index in [1.165, 1.54) is 10.6 Å². The van der Waals surface area contributed by atoms with Crippen LogP contribution in [-0.4, -0.2) is 40.2 Å². The predicted octanol–water partition coefficient (Wildman–Crippen LogP) is -0.311. The minimum atomic E-state index is -0.0860. The van der Waals surface area contributed by atoms with E-state index in [0.29, 0.717) is 26.1 Å². The lowest BCUT2D eigenvalue weighted by Crippen LogP contribution is -2.51. The molecular formula is C12H16N2O3. The summed E-state index contributed by atoms with van der Waals surface area (Å²) in [5.74, 6) is 0.281. The van der Waals surface area contributed by atoms with E-state index >= 15 is 0 Å². The first-order valence-electron chi connectivity index (χ1n) is 5.75. The minimum absolute atomic E-state index is 0.0467. The number of carbonyl (C=O) groups excluding carboxylic acids is 1. The Balaban J connectivity index is 1.81. The van der Waals surface area contributed by atoms with Crippen molar-refractivity contribution in [3.05, 3.63) is 34.7 Å². The highest BCUT2D eigenvalue weighted by Gasteiger charge is 2.29. The maximum atomic E-state index is 11.7. The number of likely N-dealkylation sites (tertiary alicyclic amines) is 1. The van der Waals surface area contributed by atoms with Crippen LogP contribution in [0.15, 0.2) is 29.2 Å². The van der Waals surface area contributed by atoms with Gasteiger partial charge in [0, 0.05) is 50.8 Å². The minimum Gasteiger partial charge on any atom is -0.396 e. The van der Waals surface area contributed by atoms with Crippen molar-refractivity contribution < 1.29 is 9.90 Å². The van der Waals surface area contributed by atoms with E-state index in [-0.39, 0.29) is 24.0 Å². The van der Waals surface area contributed by atoms with Crippen molar-refractivity contribution in [2.45, 2.75) is 13.0 Å². The van der Waals surface area contributed by atoms with Gasteiger partial charge in [-0.1, -0.05) is 6.07 Å². The quantitative estimate of drug-likeness (QED) is 0.780. The Bertz CT molecular complexity index is 449. The van der Waals surface area contributed by atoms with Gasteiger partial charge in [-0.3, -0.25) is 9.59 Å². The number of hydrogen-bond acceptors (Lipinski definition) is 3. The number of nitrogens with zero attached hydrogens (tertiary/aromatic N) is 2. The second kappa shape index (κ2) is 5.14. The van der Waals surface area contributed by atoms with E-state index < -0.39 is 0 Å². The maximum Gasteiger partial charge on any atom is 0.250 e. The van der Waals surface area contributed by atoms with Gasteiger partial charge in [-0.2, -0.15) is 0 Å². The third kappa shape index (κ3) is 2.74. The van der Waals surface area contributed by atoms with Crippen LogP contribution in [-0.2, 0) is 11.3 Å². The smallest absolute Gasteiger partial charge is 0.250 e. The molecule has 1 saturated heterocycles. The Hall–Kier alpha value is -1.62. The van der Waals surface area contributed by atoms with E-state index in [1.807, 2.05) is 0 Å². The molecule has 5 heteroatoms. The molecule has 1 aromatic rings. The molecule has 17 heavy (non-hydrogen) atoms. The molecule has 0 aromatic carbocycles. The van der Waals surface area contributed by atoms with Crippen LogP contribution in [0.3, 0.4) is 0 Å². The molecule has 0 spiro atoms. The molecule has 1 aliphatic heterocycles. The number of aliphatic hydroxyl groups excluding tert-OH is 1. The monoisotopic (exact) mass is 236 g/mol. The zero-order chi connectivity index (χ0) is 12.3. The zero-order valence-electron chi connectivity index (χ0n) is 9.58. The summed E-state index contributed by atoms with van der Waals surface area (Å²) in [4.78, 5) is 24.8. The largest absolute Gasteiger partial charge is 0.396 e. The summed E-state index contributed by atoms with van der Waals surface area (Å²) in [5, 5.41) is 8.85. The normalized spacial score (nSPS) is 15.7. The lowest BCUT2D eigenvalue weighted by atomic mass is 10.0.